The highest BCUT2D eigenvalue weighted by molar-refractivity contribution is 5.76. The number of hydrogen-bond acceptors (Lipinski definition) is 4. The molecule has 1 N–H and O–H groups in total. The molecule has 3 rings (SSSR count). The molecular weight excluding hydrogens is 291 g/mol. The molecule has 2 atom stereocenters. The first-order valence-electron chi connectivity index (χ1n) is 7.41. The predicted octanol–water partition coefficient (Wildman–Crippen LogP) is 2.63. The largest absolute Gasteiger partial charge is 0.496 e. The van der Waals surface area contributed by atoms with Crippen LogP contribution >= 0.6 is 0 Å². The smallest absolute Gasteiger partial charge is 0.307 e. The predicted molar refractivity (Wildman–Crippen MR) is 75.3 cm³/mol. The van der Waals surface area contributed by atoms with Crippen molar-refractivity contribution in [1.82, 2.24) is 0 Å². The SMILES string of the molecule is CCC1(c2ccc(F)c(C3CC3C(=O)O)c2OC)OCCO1. The second-order valence-corrected chi connectivity index (χ2v) is 5.63. The Hall–Kier alpha value is -1.66. The molecule has 120 valence electrons. The van der Waals surface area contributed by atoms with Crippen molar-refractivity contribution in [2.45, 2.75) is 31.5 Å². The molecule has 22 heavy (non-hydrogen) atoms. The van der Waals surface area contributed by atoms with E-state index < -0.39 is 23.5 Å². The molecule has 1 aromatic rings. The van der Waals surface area contributed by atoms with Crippen molar-refractivity contribution in [3.63, 3.8) is 0 Å². The van der Waals surface area contributed by atoms with Gasteiger partial charge in [0, 0.05) is 17.9 Å². The lowest BCUT2D eigenvalue weighted by Gasteiger charge is -2.29. The van der Waals surface area contributed by atoms with Gasteiger partial charge in [-0.15, -0.1) is 0 Å². The Morgan fingerprint density at radius 3 is 2.64 bits per heavy atom. The normalized spacial score (nSPS) is 26.0. The van der Waals surface area contributed by atoms with E-state index in [1.54, 1.807) is 6.07 Å². The second kappa shape index (κ2) is 5.52. The first-order chi connectivity index (χ1) is 10.5. The number of methoxy groups -OCH3 is 1. The number of carboxylic acid groups (broad SMARTS) is 1. The Labute approximate surface area is 128 Å². The molecule has 1 aliphatic carbocycles. The summed E-state index contributed by atoms with van der Waals surface area (Å²) in [6.07, 6.45) is 0.981. The van der Waals surface area contributed by atoms with E-state index in [2.05, 4.69) is 0 Å². The van der Waals surface area contributed by atoms with E-state index in [0.29, 0.717) is 42.9 Å². The molecule has 2 aliphatic rings. The maximum atomic E-state index is 14.3. The molecule has 0 amide bonds. The summed E-state index contributed by atoms with van der Waals surface area (Å²) in [4.78, 5) is 11.1. The Morgan fingerprint density at radius 2 is 2.14 bits per heavy atom. The van der Waals surface area contributed by atoms with Gasteiger partial charge in [-0.05, 0) is 18.6 Å². The van der Waals surface area contributed by atoms with E-state index in [9.17, 15) is 9.18 Å². The number of hydrogen-bond donors (Lipinski definition) is 1. The zero-order valence-corrected chi connectivity index (χ0v) is 12.6. The van der Waals surface area contributed by atoms with Gasteiger partial charge in [-0.25, -0.2) is 4.39 Å². The summed E-state index contributed by atoms with van der Waals surface area (Å²) in [5.41, 5.74) is 0.946. The molecule has 1 heterocycles. The van der Waals surface area contributed by atoms with E-state index in [-0.39, 0.29) is 5.92 Å². The average molecular weight is 310 g/mol. The summed E-state index contributed by atoms with van der Waals surface area (Å²) in [5.74, 6) is -2.86. The monoisotopic (exact) mass is 310 g/mol. The minimum absolute atomic E-state index is 0.319. The van der Waals surface area contributed by atoms with Crippen LogP contribution in [0.25, 0.3) is 0 Å². The van der Waals surface area contributed by atoms with Crippen molar-refractivity contribution in [3.8, 4) is 5.75 Å². The minimum atomic E-state index is -0.943. The van der Waals surface area contributed by atoms with Gasteiger partial charge in [0.2, 0.25) is 0 Å². The van der Waals surface area contributed by atoms with Gasteiger partial charge in [-0.3, -0.25) is 4.79 Å². The quantitative estimate of drug-likeness (QED) is 0.905. The van der Waals surface area contributed by atoms with Crippen LogP contribution in [0.5, 0.6) is 5.75 Å². The average Bonchev–Trinajstić information content (AvgIpc) is 3.15. The highest BCUT2D eigenvalue weighted by atomic mass is 19.1. The van der Waals surface area contributed by atoms with Gasteiger partial charge in [0.05, 0.1) is 31.8 Å². The standard InChI is InChI=1S/C16H19FO5/c1-3-16(21-6-7-22-16)11-4-5-12(17)13(14(11)20-2)9-8-10(9)15(18)19/h4-5,9-10H,3,6-8H2,1-2H3,(H,18,19). The van der Waals surface area contributed by atoms with Gasteiger partial charge in [0.1, 0.15) is 11.6 Å². The van der Waals surface area contributed by atoms with Crippen molar-refractivity contribution in [1.29, 1.82) is 0 Å². The highest BCUT2D eigenvalue weighted by Gasteiger charge is 2.49. The van der Waals surface area contributed by atoms with Crippen molar-refractivity contribution < 1.29 is 28.5 Å². The van der Waals surface area contributed by atoms with Crippen LogP contribution in [0.4, 0.5) is 4.39 Å². The third-order valence-corrected chi connectivity index (χ3v) is 4.46. The lowest BCUT2D eigenvalue weighted by molar-refractivity contribution is -0.168. The third-order valence-electron chi connectivity index (χ3n) is 4.46. The van der Waals surface area contributed by atoms with E-state index in [1.165, 1.54) is 13.2 Å². The fourth-order valence-corrected chi connectivity index (χ4v) is 3.23. The maximum absolute atomic E-state index is 14.3. The van der Waals surface area contributed by atoms with E-state index in [0.717, 1.165) is 0 Å². The van der Waals surface area contributed by atoms with Crippen LogP contribution in [0, 0.1) is 11.7 Å². The molecule has 1 saturated carbocycles. The molecule has 2 fully saturated rings. The van der Waals surface area contributed by atoms with E-state index >= 15 is 0 Å². The molecule has 1 aliphatic heterocycles. The molecule has 0 aromatic heterocycles. The van der Waals surface area contributed by atoms with Crippen LogP contribution in [-0.2, 0) is 20.1 Å². The van der Waals surface area contributed by atoms with Crippen LogP contribution < -0.4 is 4.74 Å². The third kappa shape index (κ3) is 2.27. The molecular formula is C16H19FO5. The van der Waals surface area contributed by atoms with Crippen molar-refractivity contribution in [2.24, 2.45) is 5.92 Å². The second-order valence-electron chi connectivity index (χ2n) is 5.63. The van der Waals surface area contributed by atoms with Gasteiger partial charge in [-0.2, -0.15) is 0 Å². The van der Waals surface area contributed by atoms with Crippen LogP contribution in [-0.4, -0.2) is 31.4 Å². The van der Waals surface area contributed by atoms with Gasteiger partial charge in [0.15, 0.2) is 5.79 Å². The lowest BCUT2D eigenvalue weighted by atomic mass is 9.96. The minimum Gasteiger partial charge on any atom is -0.496 e. The van der Waals surface area contributed by atoms with Crippen LogP contribution in [0.2, 0.25) is 0 Å². The molecule has 1 aromatic carbocycles. The number of carboxylic acids is 1. The number of rotatable bonds is 5. The van der Waals surface area contributed by atoms with Gasteiger partial charge in [0.25, 0.3) is 0 Å². The number of halogens is 1. The van der Waals surface area contributed by atoms with Gasteiger partial charge in [-0.1, -0.05) is 6.92 Å². The molecule has 2 unspecified atom stereocenters. The fourth-order valence-electron chi connectivity index (χ4n) is 3.23. The van der Waals surface area contributed by atoms with Crippen molar-refractivity contribution >= 4 is 5.97 Å². The molecule has 6 heteroatoms. The summed E-state index contributed by atoms with van der Waals surface area (Å²) in [6.45, 7) is 2.85. The Morgan fingerprint density at radius 1 is 1.45 bits per heavy atom. The molecule has 0 radical (unpaired) electrons. The summed E-state index contributed by atoms with van der Waals surface area (Å²) >= 11 is 0. The summed E-state index contributed by atoms with van der Waals surface area (Å²) in [6, 6.07) is 2.94. The van der Waals surface area contributed by atoms with Crippen molar-refractivity contribution in [2.75, 3.05) is 20.3 Å². The van der Waals surface area contributed by atoms with Crippen LogP contribution in [0.15, 0.2) is 12.1 Å². The molecule has 0 spiro atoms. The maximum Gasteiger partial charge on any atom is 0.307 e. The fraction of sp³-hybridized carbons (Fsp3) is 0.562. The summed E-state index contributed by atoms with van der Waals surface area (Å²) in [5, 5.41) is 9.10. The zero-order chi connectivity index (χ0) is 15.9. The van der Waals surface area contributed by atoms with E-state index in [4.69, 9.17) is 19.3 Å². The zero-order valence-electron chi connectivity index (χ0n) is 12.6. The van der Waals surface area contributed by atoms with Gasteiger partial charge < -0.3 is 19.3 Å². The molecule has 5 nitrogen and oxygen atoms in total. The lowest BCUT2D eigenvalue weighted by Crippen LogP contribution is -2.27. The summed E-state index contributed by atoms with van der Waals surface area (Å²) in [7, 11) is 1.46. The number of ether oxygens (including phenoxy) is 3. The molecule has 0 bridgehead atoms. The Kier molecular flexibility index (Phi) is 3.82. The first kappa shape index (κ1) is 15.2. The van der Waals surface area contributed by atoms with Crippen LogP contribution in [0.1, 0.15) is 36.8 Å². The highest BCUT2D eigenvalue weighted by Crippen LogP contribution is 2.54. The van der Waals surface area contributed by atoms with Crippen LogP contribution in [0.3, 0.4) is 0 Å². The summed E-state index contributed by atoms with van der Waals surface area (Å²) < 4.78 is 31.2. The first-order valence-corrected chi connectivity index (χ1v) is 7.41. The Balaban J connectivity index is 2.08. The number of carbonyl (C=O) groups is 1. The van der Waals surface area contributed by atoms with Gasteiger partial charge >= 0.3 is 5.97 Å². The Bertz CT molecular complexity index is 594. The van der Waals surface area contributed by atoms with Crippen molar-refractivity contribution in [3.05, 3.63) is 29.1 Å². The van der Waals surface area contributed by atoms with E-state index in [1.807, 2.05) is 6.92 Å². The number of benzene rings is 1. The number of aliphatic carboxylic acids is 1. The topological polar surface area (TPSA) is 65.0 Å². The molecule has 1 saturated heterocycles.